The fourth-order valence-electron chi connectivity index (χ4n) is 3.47. The van der Waals surface area contributed by atoms with Crippen molar-refractivity contribution in [3.63, 3.8) is 0 Å². The number of Topliss-reactive ketones (excluding diaryl/α,β-unsaturated/α-hetero) is 1. The number of piperazine rings is 1. The minimum absolute atomic E-state index is 0.0131. The minimum Gasteiger partial charge on any atom is -0.493 e. The molecule has 1 amide bonds. The number of benzene rings is 2. The van der Waals surface area contributed by atoms with Crippen molar-refractivity contribution in [2.75, 3.05) is 40.4 Å². The second-order valence-electron chi connectivity index (χ2n) is 7.23. The molecule has 0 aliphatic carbocycles. The van der Waals surface area contributed by atoms with E-state index in [2.05, 4.69) is 0 Å². The van der Waals surface area contributed by atoms with Gasteiger partial charge in [-0.3, -0.25) is 9.59 Å². The molecule has 1 fully saturated rings. The summed E-state index contributed by atoms with van der Waals surface area (Å²) in [5.74, 6) is 0.0215. The van der Waals surface area contributed by atoms with Crippen LogP contribution in [0.25, 0.3) is 0 Å². The van der Waals surface area contributed by atoms with Crippen LogP contribution < -0.4 is 9.47 Å². The van der Waals surface area contributed by atoms with Crippen molar-refractivity contribution in [2.45, 2.75) is 17.7 Å². The lowest BCUT2D eigenvalue weighted by Gasteiger charge is -2.34. The first-order valence-corrected chi connectivity index (χ1v) is 11.5. The van der Waals surface area contributed by atoms with E-state index in [0.29, 0.717) is 17.1 Å². The Hall–Kier alpha value is -2.98. The summed E-state index contributed by atoms with van der Waals surface area (Å²) >= 11 is 0. The summed E-state index contributed by atoms with van der Waals surface area (Å²) in [7, 11) is -0.769. The maximum Gasteiger partial charge on any atom is 0.243 e. The number of amides is 1. The van der Waals surface area contributed by atoms with Crippen LogP contribution in [0.5, 0.6) is 11.5 Å². The van der Waals surface area contributed by atoms with Crippen LogP contribution in [0.4, 0.5) is 4.39 Å². The molecule has 3 rings (SSSR count). The Bertz CT molecular complexity index is 1080. The number of ether oxygens (including phenoxy) is 2. The van der Waals surface area contributed by atoms with Crippen LogP contribution in [0.1, 0.15) is 23.2 Å². The van der Waals surface area contributed by atoms with Crippen molar-refractivity contribution in [3.8, 4) is 11.5 Å². The van der Waals surface area contributed by atoms with Gasteiger partial charge in [-0.05, 0) is 42.5 Å². The van der Waals surface area contributed by atoms with Gasteiger partial charge in [0, 0.05) is 44.6 Å². The van der Waals surface area contributed by atoms with Crippen LogP contribution in [-0.2, 0) is 14.8 Å². The molecule has 1 aliphatic heterocycles. The number of carbonyl (C=O) groups excluding carboxylic acids is 2. The molecule has 0 saturated carbocycles. The molecular weight excluding hydrogens is 439 g/mol. The number of hydrogen-bond acceptors (Lipinski definition) is 6. The van der Waals surface area contributed by atoms with E-state index >= 15 is 0 Å². The molecule has 1 heterocycles. The molecule has 32 heavy (non-hydrogen) atoms. The molecular formula is C22H25FN2O6S. The topological polar surface area (TPSA) is 93.2 Å². The van der Waals surface area contributed by atoms with Crippen LogP contribution >= 0.6 is 0 Å². The van der Waals surface area contributed by atoms with E-state index in [1.165, 1.54) is 30.7 Å². The molecule has 0 bridgehead atoms. The zero-order chi connectivity index (χ0) is 23.3. The number of ketones is 1. The fraction of sp³-hybridized carbons (Fsp3) is 0.364. The maximum absolute atomic E-state index is 13.1. The highest BCUT2D eigenvalue weighted by molar-refractivity contribution is 7.89. The number of hydrogen-bond donors (Lipinski definition) is 0. The summed E-state index contributed by atoms with van der Waals surface area (Å²) in [6.45, 7) is 0.720. The van der Waals surface area contributed by atoms with Crippen molar-refractivity contribution in [2.24, 2.45) is 0 Å². The Kier molecular flexibility index (Phi) is 7.47. The predicted octanol–water partition coefficient (Wildman–Crippen LogP) is 2.34. The van der Waals surface area contributed by atoms with E-state index in [1.54, 1.807) is 23.1 Å². The van der Waals surface area contributed by atoms with E-state index in [4.69, 9.17) is 9.47 Å². The molecule has 0 unspecified atom stereocenters. The van der Waals surface area contributed by atoms with Crippen molar-refractivity contribution < 1.29 is 31.9 Å². The van der Waals surface area contributed by atoms with Crippen LogP contribution in [0, 0.1) is 5.82 Å². The lowest BCUT2D eigenvalue weighted by Crippen LogP contribution is -2.50. The van der Waals surface area contributed by atoms with Gasteiger partial charge in [-0.25, -0.2) is 12.8 Å². The van der Waals surface area contributed by atoms with Gasteiger partial charge in [0.05, 0.1) is 19.1 Å². The van der Waals surface area contributed by atoms with Crippen molar-refractivity contribution in [1.82, 2.24) is 9.21 Å². The highest BCUT2D eigenvalue weighted by atomic mass is 32.2. The fourth-order valence-corrected chi connectivity index (χ4v) is 4.89. The van der Waals surface area contributed by atoms with Crippen molar-refractivity contribution in [1.29, 1.82) is 0 Å². The highest BCUT2D eigenvalue weighted by Crippen LogP contribution is 2.28. The number of methoxy groups -OCH3 is 2. The summed E-state index contributed by atoms with van der Waals surface area (Å²) in [6.07, 6.45) is 0.0559. The van der Waals surface area contributed by atoms with E-state index < -0.39 is 15.8 Å². The largest absolute Gasteiger partial charge is 0.493 e. The quantitative estimate of drug-likeness (QED) is 0.557. The zero-order valence-electron chi connectivity index (χ0n) is 17.9. The first-order chi connectivity index (χ1) is 15.3. The van der Waals surface area contributed by atoms with Gasteiger partial charge in [-0.2, -0.15) is 4.31 Å². The van der Waals surface area contributed by atoms with E-state index in [9.17, 15) is 22.4 Å². The first-order valence-electron chi connectivity index (χ1n) is 10.0. The summed E-state index contributed by atoms with van der Waals surface area (Å²) in [4.78, 5) is 26.6. The molecule has 1 aliphatic rings. The second kappa shape index (κ2) is 10.1. The smallest absolute Gasteiger partial charge is 0.243 e. The van der Waals surface area contributed by atoms with E-state index in [-0.39, 0.29) is 55.6 Å². The molecule has 172 valence electrons. The number of sulfonamides is 1. The molecule has 0 radical (unpaired) electrons. The maximum atomic E-state index is 13.1. The number of carbonyl (C=O) groups is 2. The van der Waals surface area contributed by atoms with Gasteiger partial charge in [-0.1, -0.05) is 0 Å². The highest BCUT2D eigenvalue weighted by Gasteiger charge is 2.30. The summed E-state index contributed by atoms with van der Waals surface area (Å²) in [5, 5.41) is 0. The van der Waals surface area contributed by atoms with E-state index in [0.717, 1.165) is 12.1 Å². The van der Waals surface area contributed by atoms with Crippen LogP contribution in [0.2, 0.25) is 0 Å². The third-order valence-corrected chi connectivity index (χ3v) is 7.23. The van der Waals surface area contributed by atoms with Crippen LogP contribution in [-0.4, -0.2) is 69.7 Å². The molecule has 0 atom stereocenters. The molecule has 8 nitrogen and oxygen atoms in total. The molecule has 0 N–H and O–H groups in total. The number of rotatable bonds is 8. The Morgan fingerprint density at radius 3 is 2.12 bits per heavy atom. The molecule has 0 aromatic heterocycles. The SMILES string of the molecule is COc1ccc(C(=O)CCC(=O)N2CCN(S(=O)(=O)c3ccc(F)cc3)CC2)cc1OC. The van der Waals surface area contributed by atoms with Gasteiger partial charge in [0.15, 0.2) is 17.3 Å². The van der Waals surface area contributed by atoms with Gasteiger partial charge in [0.1, 0.15) is 5.82 Å². The molecule has 2 aromatic rings. The standard InChI is InChI=1S/C22H25FN2O6S/c1-30-20-9-3-16(15-21(20)31-2)19(26)8-10-22(27)24-11-13-25(14-12-24)32(28,29)18-6-4-17(23)5-7-18/h3-7,9,15H,8,10-14H2,1-2H3. The Morgan fingerprint density at radius 2 is 1.53 bits per heavy atom. The summed E-state index contributed by atoms with van der Waals surface area (Å²) in [6, 6.07) is 9.47. The third-order valence-electron chi connectivity index (χ3n) is 5.31. The summed E-state index contributed by atoms with van der Waals surface area (Å²) in [5.41, 5.74) is 0.422. The van der Waals surface area contributed by atoms with Gasteiger partial charge >= 0.3 is 0 Å². The Balaban J connectivity index is 1.53. The number of halogens is 1. The average molecular weight is 465 g/mol. The lowest BCUT2D eigenvalue weighted by molar-refractivity contribution is -0.132. The van der Waals surface area contributed by atoms with Crippen LogP contribution in [0.15, 0.2) is 47.4 Å². The van der Waals surface area contributed by atoms with Gasteiger partial charge < -0.3 is 14.4 Å². The Labute approximate surface area is 186 Å². The van der Waals surface area contributed by atoms with E-state index in [1.807, 2.05) is 0 Å². The van der Waals surface area contributed by atoms with Crippen molar-refractivity contribution >= 4 is 21.7 Å². The number of nitrogens with zero attached hydrogens (tertiary/aromatic N) is 2. The average Bonchev–Trinajstić information content (AvgIpc) is 2.82. The third kappa shape index (κ3) is 5.25. The minimum atomic E-state index is -3.75. The first kappa shape index (κ1) is 23.7. The Morgan fingerprint density at radius 1 is 0.906 bits per heavy atom. The predicted molar refractivity (Wildman–Crippen MR) is 115 cm³/mol. The van der Waals surface area contributed by atoms with Crippen molar-refractivity contribution in [3.05, 3.63) is 53.8 Å². The molecule has 0 spiro atoms. The van der Waals surface area contributed by atoms with Gasteiger partial charge in [0.25, 0.3) is 0 Å². The lowest BCUT2D eigenvalue weighted by atomic mass is 10.1. The van der Waals surface area contributed by atoms with Crippen LogP contribution in [0.3, 0.4) is 0 Å². The summed E-state index contributed by atoms with van der Waals surface area (Å²) < 4.78 is 50.1. The zero-order valence-corrected chi connectivity index (χ0v) is 18.7. The van der Waals surface area contributed by atoms with Gasteiger partial charge in [0.2, 0.25) is 15.9 Å². The molecule has 2 aromatic carbocycles. The van der Waals surface area contributed by atoms with Gasteiger partial charge in [-0.15, -0.1) is 0 Å². The molecule has 10 heteroatoms. The normalized spacial score (nSPS) is 14.8. The molecule has 1 saturated heterocycles. The monoisotopic (exact) mass is 464 g/mol. The second-order valence-corrected chi connectivity index (χ2v) is 9.17.